The van der Waals surface area contributed by atoms with Crippen molar-refractivity contribution in [2.24, 2.45) is 40.7 Å². The Morgan fingerprint density at radius 3 is 1.50 bits per heavy atom. The number of primary amides is 2. The van der Waals surface area contributed by atoms with Gasteiger partial charge in [-0.25, -0.2) is 0 Å². The molecule has 145 heavy (non-hydrogen) atoms. The number of aliphatic carboxylic acids is 2. The highest BCUT2D eigenvalue weighted by molar-refractivity contribution is 8.00. The lowest BCUT2D eigenvalue weighted by Crippen LogP contribution is -2.63. The first kappa shape index (κ1) is 117. The number of guanidine groups is 1. The first-order valence-corrected chi connectivity index (χ1v) is 48.8. The fourth-order valence-corrected chi connectivity index (χ4v) is 16.8. The summed E-state index contributed by atoms with van der Waals surface area (Å²) >= 11 is 0.537. The molecule has 1 saturated heterocycles. The van der Waals surface area contributed by atoms with Crippen LogP contribution in [0.2, 0.25) is 0 Å². The van der Waals surface area contributed by atoms with Crippen LogP contribution in [0.1, 0.15) is 142 Å². The number of aliphatic hydroxyl groups excluding tert-OH is 1. The number of amides is 17. The van der Waals surface area contributed by atoms with Gasteiger partial charge >= 0.3 is 11.9 Å². The third-order valence-corrected chi connectivity index (χ3v) is 25.2. The second kappa shape index (κ2) is 57.3. The molecule has 6 aromatic rings. The number of aromatic hydroxyl groups is 1. The van der Waals surface area contributed by atoms with E-state index in [1.165, 1.54) is 65.3 Å². The minimum atomic E-state index is -2.16. The minimum absolute atomic E-state index is 0.0229. The largest absolute Gasteiger partial charge is 0.508 e. The number of unbranched alkanes of at least 4 members (excludes halogenated alkanes) is 1. The molecule has 0 unspecified atom stereocenters. The van der Waals surface area contributed by atoms with Crippen LogP contribution in [0, 0.1) is 23.2 Å². The van der Waals surface area contributed by atoms with Crippen molar-refractivity contribution >= 4 is 141 Å². The SMILES string of the molecule is CC(C)C[C@@H]1NC(=O)[C@H](CCCCN)NC(=O)[C@H](Cc2ccccc2)N(C)C(=O)[C@H](C)N(C)C(=O)[C@H](CCCNC(=N)N)NC(=O)[C@H](Cc2ccc(-c3ccccc3)cc2)NC(=O)[C@H](C(C)C)NC(=O)[C@H](Cc2c[nH]c3ccccc23)NC(=O)[C@H](CC(=O)O)NC(=O)[C@H](Cc2ccc(O)cc2)NC(=O)[C@H](CC(N)=O)NC(=O)CSC[C@@H](C(=O)N[C@@H](CCC(=O)O)C(N)=O)NC(=O)[C@H]([C@@H](C)O)NC(=O)[C@H](C(C)C)NC1=O. The molecule has 16 atom stereocenters. The zero-order chi connectivity index (χ0) is 107. The Bertz CT molecular complexity index is 5520. The van der Waals surface area contributed by atoms with Crippen molar-refractivity contribution in [3.63, 3.8) is 0 Å². The predicted octanol–water partition coefficient (Wildman–Crippen LogP) is -1.63. The highest BCUT2D eigenvalue weighted by Gasteiger charge is 2.43. The molecule has 1 aliphatic heterocycles. The van der Waals surface area contributed by atoms with E-state index >= 15 is 43.2 Å². The van der Waals surface area contributed by atoms with Crippen LogP contribution in [-0.4, -0.2) is 289 Å². The van der Waals surface area contributed by atoms with E-state index in [2.05, 4.69) is 79.4 Å². The van der Waals surface area contributed by atoms with Crippen LogP contribution < -0.4 is 97.4 Å². The summed E-state index contributed by atoms with van der Waals surface area (Å²) < 4.78 is 0. The molecule has 1 aliphatic rings. The van der Waals surface area contributed by atoms with E-state index in [1.807, 2.05) is 30.3 Å². The van der Waals surface area contributed by atoms with Crippen LogP contribution in [0.4, 0.5) is 0 Å². The van der Waals surface area contributed by atoms with Crippen LogP contribution >= 0.6 is 11.8 Å². The van der Waals surface area contributed by atoms with Crippen LogP contribution in [0.3, 0.4) is 0 Å². The van der Waals surface area contributed by atoms with Gasteiger partial charge in [0.1, 0.15) is 96.4 Å². The molecule has 7 rings (SSSR count). The van der Waals surface area contributed by atoms with Gasteiger partial charge in [-0.2, -0.15) is 0 Å². The maximum Gasteiger partial charge on any atom is 0.305 e. The van der Waals surface area contributed by atoms with Gasteiger partial charge in [-0.3, -0.25) is 96.5 Å². The summed E-state index contributed by atoms with van der Waals surface area (Å²) in [6.45, 7) is 12.1. The van der Waals surface area contributed by atoms with Crippen molar-refractivity contribution < 1.29 is 112 Å². The molecule has 1 aromatic heterocycles. The number of rotatable bonds is 32. The van der Waals surface area contributed by atoms with Crippen LogP contribution in [0.15, 0.2) is 140 Å². The van der Waals surface area contributed by atoms with Crippen LogP contribution in [0.25, 0.3) is 22.0 Å². The molecule has 46 heteroatoms. The maximum atomic E-state index is 15.6. The third kappa shape index (κ3) is 37.3. The van der Waals surface area contributed by atoms with Gasteiger partial charge in [-0.05, 0) is 135 Å². The van der Waals surface area contributed by atoms with Gasteiger partial charge in [-0.1, -0.05) is 157 Å². The summed E-state index contributed by atoms with van der Waals surface area (Å²) in [7, 11) is 2.58. The summed E-state index contributed by atoms with van der Waals surface area (Å²) in [5.74, 6) is -26.2. The number of nitrogens with zero attached hydrogens (tertiary/aromatic N) is 2. The minimum Gasteiger partial charge on any atom is -0.508 e. The van der Waals surface area contributed by atoms with E-state index < -0.39 is 277 Å². The summed E-state index contributed by atoms with van der Waals surface area (Å²) in [4.78, 5) is 281. The van der Waals surface area contributed by atoms with Crippen molar-refractivity contribution in [1.82, 2.24) is 89.2 Å². The van der Waals surface area contributed by atoms with Gasteiger partial charge < -0.3 is 133 Å². The number of thioether (sulfide) groups is 1. The summed E-state index contributed by atoms with van der Waals surface area (Å²) in [5.41, 5.74) is 26.6. The van der Waals surface area contributed by atoms with Crippen molar-refractivity contribution in [3.8, 4) is 16.9 Å². The monoisotopic (exact) mass is 2030 g/mol. The zero-order valence-corrected chi connectivity index (χ0v) is 83.5. The number of para-hydroxylation sites is 1. The molecular formula is C99H136N22O23S. The van der Waals surface area contributed by atoms with Gasteiger partial charge in [0.15, 0.2) is 5.96 Å². The van der Waals surface area contributed by atoms with Crippen molar-refractivity contribution in [2.75, 3.05) is 38.7 Å². The van der Waals surface area contributed by atoms with E-state index in [0.717, 1.165) is 27.9 Å². The molecule has 0 bridgehead atoms. The second-order valence-corrected chi connectivity index (χ2v) is 37.9. The lowest BCUT2D eigenvalue weighted by Gasteiger charge is -2.35. The number of carbonyl (C=O) groups is 19. The summed E-state index contributed by atoms with van der Waals surface area (Å²) in [5, 5.41) is 85.8. The Hall–Kier alpha value is -15.1. The molecule has 28 N–H and O–H groups in total. The van der Waals surface area contributed by atoms with Crippen LogP contribution in [0.5, 0.6) is 5.75 Å². The average molecular weight is 2030 g/mol. The number of benzene rings is 5. The van der Waals surface area contributed by atoms with E-state index in [0.29, 0.717) is 45.8 Å². The highest BCUT2D eigenvalue weighted by Crippen LogP contribution is 2.25. The third-order valence-electron chi connectivity index (χ3n) is 24.2. The number of carbonyl (C=O) groups excluding carboxylic acids is 17. The molecule has 0 radical (unpaired) electrons. The quantitative estimate of drug-likeness (QED) is 0.0128. The standard InChI is InChI=1S/C99H136N22O23S/c1-52(2)42-69-90(136)118-82(54(5)6)95(141)119-83(56(8)122)96(142)116-75(92(138)108-66(84(102)130)38-39-79(126)127)50-145-51-78(125)107-73(47-77(101)124)88(134)112-70(44-59-32-36-63(123)37-33-59)87(133)114-74(48-80(128)129)89(135)113-72(46-62-49-106-65-27-18-17-26-64(62)65)91(137)117-81(53(3)4)94(140)115-71(43-58-30-34-61(35-31-58)60-24-15-12-16-25-60)86(132)110-68(29-21-41-105-99(103)104)98(144)120(9)55(7)97(143)121(10)76(45-57-22-13-11-14-23-57)93(139)109-67(85(131)111-69)28-19-20-40-100/h11-18,22-27,30-37,49,52-56,66-76,81-83,106,122-123H,19-21,28-29,38-48,50-51,100H2,1-10H3,(H2,101,124)(H2,102,130)(H,107,125)(H,108,138)(H,109,139)(H,110,132)(H,111,131)(H,112,134)(H,113,135)(H,114,133)(H,115,140)(H,116,142)(H,117,137)(H,118,136)(H,119,141)(H,126,127)(H,128,129)(H4,103,104,105)/t55-,56+,66-,67-,68-,69-,70-,71-,72-,73-,74-,75-,76-,81-,82-,83-/m0/s1. The smallest absolute Gasteiger partial charge is 0.305 e. The number of phenols is 1. The zero-order valence-electron chi connectivity index (χ0n) is 82.6. The number of carboxylic acid groups (broad SMARTS) is 2. The summed E-state index contributed by atoms with van der Waals surface area (Å²) in [6, 6.07) is 10.6. The van der Waals surface area contributed by atoms with E-state index in [1.54, 1.807) is 107 Å². The number of aromatic nitrogens is 1. The first-order valence-electron chi connectivity index (χ1n) is 47.7. The number of nitrogens with one attached hydrogen (secondary N) is 16. The lowest BCUT2D eigenvalue weighted by molar-refractivity contribution is -0.148. The van der Waals surface area contributed by atoms with Gasteiger partial charge in [0.05, 0.1) is 24.7 Å². The Morgan fingerprint density at radius 1 is 0.483 bits per heavy atom. The normalized spacial score (nSPS) is 22.8. The van der Waals surface area contributed by atoms with Crippen molar-refractivity contribution in [1.29, 1.82) is 5.41 Å². The number of H-pyrrole nitrogens is 1. The van der Waals surface area contributed by atoms with Gasteiger partial charge in [0.25, 0.3) is 0 Å². The Kier molecular flexibility index (Phi) is 46.2. The number of aromatic amines is 1. The number of nitrogens with two attached hydrogens (primary N) is 4. The number of hydrogen-bond donors (Lipinski definition) is 24. The number of aliphatic hydroxyl groups is 1. The molecule has 5 aromatic carbocycles. The van der Waals surface area contributed by atoms with Gasteiger partial charge in [0.2, 0.25) is 100 Å². The van der Waals surface area contributed by atoms with Gasteiger partial charge in [0, 0.05) is 75.6 Å². The fraction of sp³-hybridized carbons (Fsp3) is 0.475. The molecule has 0 saturated carbocycles. The maximum absolute atomic E-state index is 15.6. The van der Waals surface area contributed by atoms with Crippen LogP contribution in [-0.2, 0) is 117 Å². The number of phenolic OH excluding ortho intramolecular Hbond substituents is 1. The fourth-order valence-electron chi connectivity index (χ4n) is 15.9. The molecule has 786 valence electrons. The predicted molar refractivity (Wildman–Crippen MR) is 536 cm³/mol. The van der Waals surface area contributed by atoms with E-state index in [-0.39, 0.29) is 75.3 Å². The van der Waals surface area contributed by atoms with Crippen molar-refractivity contribution in [2.45, 2.75) is 242 Å². The average Bonchev–Trinajstić information content (AvgIpc) is 1.20. The molecule has 17 amide bonds. The Morgan fingerprint density at radius 2 is 0.952 bits per heavy atom. The van der Waals surface area contributed by atoms with Crippen molar-refractivity contribution in [3.05, 3.63) is 162 Å². The van der Waals surface area contributed by atoms with Gasteiger partial charge in [-0.15, -0.1) is 11.8 Å². The number of carboxylic acids is 2. The molecule has 1 fully saturated rings. The topological polar surface area (TPSA) is 724 Å². The Balaban J connectivity index is 1.37. The van der Waals surface area contributed by atoms with E-state index in [9.17, 15) is 68.4 Å². The molecule has 45 nitrogen and oxygen atoms in total. The lowest BCUT2D eigenvalue weighted by atomic mass is 9.98. The second-order valence-electron chi connectivity index (χ2n) is 36.9. The molecule has 0 spiro atoms. The summed E-state index contributed by atoms with van der Waals surface area (Å²) in [6.07, 6.45) is -5.20. The Labute approximate surface area is 843 Å². The first-order chi connectivity index (χ1) is 68.6. The number of hydrogen-bond acceptors (Lipinski definition) is 24. The molecule has 2 heterocycles. The highest BCUT2D eigenvalue weighted by atomic mass is 32.2. The van der Waals surface area contributed by atoms with E-state index in [4.69, 9.17) is 28.3 Å². The number of fused-ring (bicyclic) bond motifs is 1. The number of likely N-dealkylation sites (N-methyl/N-ethyl adjacent to an activating group) is 2. The molecule has 0 aliphatic carbocycles. The molecular weight excluding hydrogens is 1900 g/mol.